The van der Waals surface area contributed by atoms with E-state index in [1.807, 2.05) is 0 Å². The zero-order chi connectivity index (χ0) is 14.1. The summed E-state index contributed by atoms with van der Waals surface area (Å²) in [6.07, 6.45) is 5.88. The highest BCUT2D eigenvalue weighted by Gasteiger charge is 2.14. The monoisotopic (exact) mass is 348 g/mol. The van der Waals surface area contributed by atoms with E-state index in [9.17, 15) is 0 Å². The quantitative estimate of drug-likeness (QED) is 0.570. The van der Waals surface area contributed by atoms with Crippen molar-refractivity contribution in [3.05, 3.63) is 44.1 Å². The summed E-state index contributed by atoms with van der Waals surface area (Å²) in [4.78, 5) is 8.13. The van der Waals surface area contributed by atoms with E-state index in [4.69, 9.17) is 12.2 Å². The van der Waals surface area contributed by atoms with Crippen LogP contribution in [0.4, 0.5) is 0 Å². The first kappa shape index (κ1) is 14.0. The highest BCUT2D eigenvalue weighted by atomic mass is 79.9. The number of hydrogen-bond acceptors (Lipinski definition) is 2. The minimum atomic E-state index is 0.767. The molecule has 1 aliphatic carbocycles. The van der Waals surface area contributed by atoms with Gasteiger partial charge in [-0.05, 0) is 50.3 Å². The number of aromatic amines is 1. The van der Waals surface area contributed by atoms with Crippen molar-refractivity contribution >= 4 is 28.1 Å². The van der Waals surface area contributed by atoms with Crippen molar-refractivity contribution in [2.45, 2.75) is 39.0 Å². The van der Waals surface area contributed by atoms with Gasteiger partial charge in [-0.25, -0.2) is 4.98 Å². The highest BCUT2D eigenvalue weighted by Crippen LogP contribution is 2.28. The predicted molar refractivity (Wildman–Crippen MR) is 88.6 cm³/mol. The lowest BCUT2D eigenvalue weighted by Gasteiger charge is -2.11. The van der Waals surface area contributed by atoms with Crippen molar-refractivity contribution in [2.24, 2.45) is 0 Å². The molecule has 0 fully saturated rings. The number of H-pyrrole nitrogens is 1. The van der Waals surface area contributed by atoms with Crippen molar-refractivity contribution < 1.29 is 0 Å². The van der Waals surface area contributed by atoms with Crippen LogP contribution in [0, 0.1) is 11.6 Å². The molecule has 0 unspecified atom stereocenters. The third kappa shape index (κ3) is 2.72. The summed E-state index contributed by atoms with van der Waals surface area (Å²) >= 11 is 9.14. The van der Waals surface area contributed by atoms with Crippen molar-refractivity contribution in [1.29, 1.82) is 0 Å². The van der Waals surface area contributed by atoms with E-state index in [1.54, 1.807) is 0 Å². The van der Waals surface area contributed by atoms with Crippen LogP contribution in [0.5, 0.6) is 0 Å². The molecule has 0 bridgehead atoms. The summed E-state index contributed by atoms with van der Waals surface area (Å²) < 4.78 is 1.83. The van der Waals surface area contributed by atoms with Crippen LogP contribution in [0.1, 0.15) is 36.1 Å². The van der Waals surface area contributed by atoms with Gasteiger partial charge < -0.3 is 4.98 Å². The predicted octanol–water partition coefficient (Wildman–Crippen LogP) is 5.15. The van der Waals surface area contributed by atoms with Crippen LogP contribution in [-0.2, 0) is 12.8 Å². The lowest BCUT2D eigenvalue weighted by molar-refractivity contribution is 0.708. The molecule has 1 heterocycles. The maximum absolute atomic E-state index is 5.51. The van der Waals surface area contributed by atoms with E-state index in [0.29, 0.717) is 0 Å². The van der Waals surface area contributed by atoms with Gasteiger partial charge in [0.15, 0.2) is 0 Å². The van der Waals surface area contributed by atoms with E-state index in [-0.39, 0.29) is 0 Å². The fraction of sp³-hybridized carbons (Fsp3) is 0.375. The van der Waals surface area contributed by atoms with Gasteiger partial charge >= 0.3 is 0 Å². The van der Waals surface area contributed by atoms with Crippen molar-refractivity contribution in [2.75, 3.05) is 0 Å². The number of aromatic nitrogens is 2. The third-order valence-corrected chi connectivity index (χ3v) is 4.83. The second kappa shape index (κ2) is 5.78. The molecule has 1 aliphatic rings. The van der Waals surface area contributed by atoms with Crippen molar-refractivity contribution in [3.63, 3.8) is 0 Å². The minimum Gasteiger partial charge on any atom is -0.343 e. The van der Waals surface area contributed by atoms with Crippen molar-refractivity contribution in [1.82, 2.24) is 9.97 Å². The van der Waals surface area contributed by atoms with Crippen LogP contribution >= 0.6 is 28.1 Å². The van der Waals surface area contributed by atoms with E-state index >= 15 is 0 Å². The molecule has 104 valence electrons. The molecule has 2 nitrogen and oxygen atoms in total. The average molecular weight is 349 g/mol. The third-order valence-electron chi connectivity index (χ3n) is 3.84. The standard InChI is InChI=1S/C16H17BrN2S/c1-10-7-8-11(13(17)9-10)15-18-14-6-4-2-3-5-12(14)16(20)19-15/h7-9H,2-6H2,1H3,(H,18,19,20). The van der Waals surface area contributed by atoms with Gasteiger partial charge in [0.25, 0.3) is 0 Å². The van der Waals surface area contributed by atoms with Crippen LogP contribution in [0.3, 0.4) is 0 Å². The van der Waals surface area contributed by atoms with E-state index in [0.717, 1.165) is 33.3 Å². The average Bonchev–Trinajstić information content (AvgIpc) is 2.64. The second-order valence-corrected chi connectivity index (χ2v) is 6.63. The summed E-state index contributed by atoms with van der Waals surface area (Å²) in [7, 11) is 0. The zero-order valence-electron chi connectivity index (χ0n) is 11.5. The maximum Gasteiger partial charge on any atom is 0.140 e. The lowest BCUT2D eigenvalue weighted by Crippen LogP contribution is -2.02. The fourth-order valence-electron chi connectivity index (χ4n) is 2.74. The Bertz CT molecular complexity index is 706. The van der Waals surface area contributed by atoms with Gasteiger partial charge in [0.1, 0.15) is 10.5 Å². The Labute approximate surface area is 132 Å². The molecule has 0 atom stereocenters. The molecule has 2 aromatic rings. The summed E-state index contributed by atoms with van der Waals surface area (Å²) in [5.41, 5.74) is 4.84. The molecular formula is C16H17BrN2S. The van der Waals surface area contributed by atoms with Crippen molar-refractivity contribution in [3.8, 4) is 11.4 Å². The zero-order valence-corrected chi connectivity index (χ0v) is 13.9. The van der Waals surface area contributed by atoms with Crippen LogP contribution in [-0.4, -0.2) is 9.97 Å². The van der Waals surface area contributed by atoms with Gasteiger partial charge in [-0.15, -0.1) is 0 Å². The number of aryl methyl sites for hydroxylation is 2. The number of fused-ring (bicyclic) bond motifs is 1. The highest BCUT2D eigenvalue weighted by molar-refractivity contribution is 9.10. The molecule has 3 rings (SSSR count). The van der Waals surface area contributed by atoms with E-state index in [2.05, 4.69) is 51.0 Å². The molecule has 0 saturated heterocycles. The smallest absolute Gasteiger partial charge is 0.140 e. The molecule has 4 heteroatoms. The van der Waals surface area contributed by atoms with Gasteiger partial charge in [-0.1, -0.05) is 40.6 Å². The Morgan fingerprint density at radius 2 is 2.00 bits per heavy atom. The molecular weight excluding hydrogens is 332 g/mol. The van der Waals surface area contributed by atoms with Gasteiger partial charge in [0.2, 0.25) is 0 Å². The number of rotatable bonds is 1. The number of benzene rings is 1. The summed E-state index contributed by atoms with van der Waals surface area (Å²) in [5, 5.41) is 0. The number of halogens is 1. The molecule has 0 aliphatic heterocycles. The first-order valence-corrected chi connectivity index (χ1v) is 8.24. The van der Waals surface area contributed by atoms with E-state index in [1.165, 1.54) is 36.1 Å². The molecule has 20 heavy (non-hydrogen) atoms. The molecule has 0 spiro atoms. The molecule has 1 N–H and O–H groups in total. The summed E-state index contributed by atoms with van der Waals surface area (Å²) in [6.45, 7) is 2.08. The van der Waals surface area contributed by atoms with Gasteiger partial charge in [0.05, 0.1) is 0 Å². The molecule has 0 amide bonds. The van der Waals surface area contributed by atoms with Crippen LogP contribution < -0.4 is 0 Å². The number of nitrogens with zero attached hydrogens (tertiary/aromatic N) is 1. The first-order valence-electron chi connectivity index (χ1n) is 7.04. The largest absolute Gasteiger partial charge is 0.343 e. The van der Waals surface area contributed by atoms with Gasteiger partial charge in [-0.2, -0.15) is 0 Å². The Kier molecular flexibility index (Phi) is 4.03. The lowest BCUT2D eigenvalue weighted by atomic mass is 10.1. The van der Waals surface area contributed by atoms with Gasteiger partial charge in [-0.3, -0.25) is 0 Å². The molecule has 0 saturated carbocycles. The first-order chi connectivity index (χ1) is 9.65. The molecule has 1 aromatic heterocycles. The van der Waals surface area contributed by atoms with Gasteiger partial charge in [0, 0.05) is 21.3 Å². The molecule has 1 aromatic carbocycles. The Morgan fingerprint density at radius 1 is 1.20 bits per heavy atom. The normalized spacial score (nSPS) is 14.7. The van der Waals surface area contributed by atoms with E-state index < -0.39 is 0 Å². The maximum atomic E-state index is 5.51. The van der Waals surface area contributed by atoms with Crippen LogP contribution in [0.2, 0.25) is 0 Å². The van der Waals surface area contributed by atoms with Crippen LogP contribution in [0.25, 0.3) is 11.4 Å². The second-order valence-electron chi connectivity index (χ2n) is 5.39. The van der Waals surface area contributed by atoms with Crippen LogP contribution in [0.15, 0.2) is 22.7 Å². The summed E-state index contributed by atoms with van der Waals surface area (Å²) in [5.74, 6) is 0.877. The summed E-state index contributed by atoms with van der Waals surface area (Å²) in [6, 6.07) is 6.31. The molecule has 0 radical (unpaired) electrons. The SMILES string of the molecule is Cc1ccc(-c2nc(=S)c3c([nH]2)CCCCC3)c(Br)c1. The Morgan fingerprint density at radius 3 is 2.80 bits per heavy atom. The minimum absolute atomic E-state index is 0.767. The Hall–Kier alpha value is -1.00. The fourth-order valence-corrected chi connectivity index (χ4v) is 3.73. The Balaban J connectivity index is 2.13. The number of hydrogen-bond donors (Lipinski definition) is 1. The number of nitrogens with one attached hydrogen (secondary N) is 1. The topological polar surface area (TPSA) is 28.7 Å².